The van der Waals surface area contributed by atoms with Gasteiger partial charge < -0.3 is 11.5 Å². The summed E-state index contributed by atoms with van der Waals surface area (Å²) < 4.78 is 25.3. The molecule has 0 aliphatic rings. The highest BCUT2D eigenvalue weighted by atomic mass is 32.2. The Morgan fingerprint density at radius 3 is 2.33 bits per heavy atom. The highest BCUT2D eigenvalue weighted by Gasteiger charge is 2.25. The first-order valence-electron chi connectivity index (χ1n) is 4.37. The van der Waals surface area contributed by atoms with Crippen LogP contribution in [0, 0.1) is 0 Å². The average Bonchev–Trinajstić information content (AvgIpc) is 2.01. The number of hydrogen-bond donors (Lipinski definition) is 3. The number of carbonyl (C=O) groups is 1. The number of amides is 1. The Bertz CT molecular complexity index is 339. The third kappa shape index (κ3) is 5.05. The van der Waals surface area contributed by atoms with Crippen molar-refractivity contribution in [3.8, 4) is 0 Å². The maximum absolute atomic E-state index is 11.6. The average molecular weight is 253 g/mol. The molecule has 0 aliphatic carbocycles. The van der Waals surface area contributed by atoms with Crippen molar-refractivity contribution in [2.75, 3.05) is 6.54 Å². The first-order valence-corrected chi connectivity index (χ1v) is 6.32. The predicted octanol–water partition coefficient (Wildman–Crippen LogP) is -1.15. The standard InChI is InChI=1S/C7H15N3O3S2/c1-2-5(7(9)14)15(12,13)10-4-3-6(8)11/h5,10H,2-4H2,1H3,(H2,8,11)(H2,9,14). The van der Waals surface area contributed by atoms with E-state index in [1.165, 1.54) is 0 Å². The number of thiocarbonyl (C=S) groups is 1. The van der Waals surface area contributed by atoms with Crippen LogP contribution in [0.15, 0.2) is 0 Å². The number of nitrogens with one attached hydrogen (secondary N) is 1. The molecule has 0 fully saturated rings. The van der Waals surface area contributed by atoms with E-state index in [0.29, 0.717) is 6.42 Å². The fourth-order valence-corrected chi connectivity index (χ4v) is 2.87. The molecule has 0 aliphatic heterocycles. The minimum atomic E-state index is -3.59. The molecular weight excluding hydrogens is 238 g/mol. The quantitative estimate of drug-likeness (QED) is 0.495. The van der Waals surface area contributed by atoms with E-state index in [4.69, 9.17) is 11.5 Å². The van der Waals surface area contributed by atoms with Crippen LogP contribution in [0.5, 0.6) is 0 Å². The topological polar surface area (TPSA) is 115 Å². The molecule has 1 unspecified atom stereocenters. The van der Waals surface area contributed by atoms with E-state index in [-0.39, 0.29) is 18.0 Å². The Kier molecular flexibility index (Phi) is 5.69. The van der Waals surface area contributed by atoms with Gasteiger partial charge in [0.15, 0.2) is 0 Å². The fraction of sp³-hybridized carbons (Fsp3) is 0.714. The van der Waals surface area contributed by atoms with E-state index in [9.17, 15) is 13.2 Å². The molecule has 0 radical (unpaired) electrons. The molecule has 0 heterocycles. The van der Waals surface area contributed by atoms with Gasteiger partial charge in [-0.05, 0) is 6.42 Å². The molecule has 0 rings (SSSR count). The van der Waals surface area contributed by atoms with Crippen molar-refractivity contribution < 1.29 is 13.2 Å². The van der Waals surface area contributed by atoms with Gasteiger partial charge in [-0.3, -0.25) is 4.79 Å². The summed E-state index contributed by atoms with van der Waals surface area (Å²) in [5, 5.41) is -0.902. The van der Waals surface area contributed by atoms with Crippen molar-refractivity contribution in [2.24, 2.45) is 11.5 Å². The summed E-state index contributed by atoms with van der Waals surface area (Å²) in [5.74, 6) is -0.568. The van der Waals surface area contributed by atoms with E-state index >= 15 is 0 Å². The van der Waals surface area contributed by atoms with Gasteiger partial charge in [-0.2, -0.15) is 0 Å². The molecule has 88 valence electrons. The Morgan fingerprint density at radius 1 is 1.47 bits per heavy atom. The van der Waals surface area contributed by atoms with Crippen LogP contribution in [-0.4, -0.2) is 31.1 Å². The zero-order valence-corrected chi connectivity index (χ0v) is 10.0. The Balaban J connectivity index is 4.40. The number of primary amides is 1. The molecule has 0 saturated heterocycles. The minimum Gasteiger partial charge on any atom is -0.392 e. The molecule has 0 bridgehead atoms. The van der Waals surface area contributed by atoms with E-state index in [2.05, 4.69) is 16.9 Å². The van der Waals surface area contributed by atoms with Crippen molar-refractivity contribution in [2.45, 2.75) is 25.0 Å². The van der Waals surface area contributed by atoms with E-state index in [0.717, 1.165) is 0 Å². The summed E-state index contributed by atoms with van der Waals surface area (Å²) in [6, 6.07) is 0. The molecule has 0 aromatic rings. The summed E-state index contributed by atoms with van der Waals surface area (Å²) in [4.78, 5) is 10.3. The van der Waals surface area contributed by atoms with Crippen molar-refractivity contribution in [1.82, 2.24) is 4.72 Å². The number of sulfonamides is 1. The molecule has 0 saturated carbocycles. The van der Waals surface area contributed by atoms with E-state index < -0.39 is 21.2 Å². The van der Waals surface area contributed by atoms with Crippen molar-refractivity contribution >= 4 is 33.1 Å². The summed E-state index contributed by atoms with van der Waals surface area (Å²) >= 11 is 4.63. The second-order valence-electron chi connectivity index (χ2n) is 2.95. The smallest absolute Gasteiger partial charge is 0.221 e. The van der Waals surface area contributed by atoms with E-state index in [1.54, 1.807) is 6.92 Å². The summed E-state index contributed by atoms with van der Waals surface area (Å²) in [5.41, 5.74) is 10.2. The number of hydrogen-bond acceptors (Lipinski definition) is 4. The Labute approximate surface area is 94.4 Å². The third-order valence-electron chi connectivity index (χ3n) is 1.74. The normalized spacial score (nSPS) is 13.4. The Hall–Kier alpha value is -0.730. The summed E-state index contributed by atoms with van der Waals surface area (Å²) in [6.07, 6.45) is 0.244. The van der Waals surface area contributed by atoms with Crippen molar-refractivity contribution in [3.63, 3.8) is 0 Å². The van der Waals surface area contributed by atoms with Crippen LogP contribution in [0.4, 0.5) is 0 Å². The monoisotopic (exact) mass is 253 g/mol. The second-order valence-corrected chi connectivity index (χ2v) is 5.37. The zero-order chi connectivity index (χ0) is 12.1. The van der Waals surface area contributed by atoms with Gasteiger partial charge in [-0.25, -0.2) is 13.1 Å². The van der Waals surface area contributed by atoms with Gasteiger partial charge >= 0.3 is 0 Å². The highest BCUT2D eigenvalue weighted by Crippen LogP contribution is 2.04. The number of rotatable bonds is 7. The van der Waals surface area contributed by atoms with Crippen LogP contribution in [0.2, 0.25) is 0 Å². The van der Waals surface area contributed by atoms with Crippen LogP contribution in [-0.2, 0) is 14.8 Å². The van der Waals surface area contributed by atoms with Crippen molar-refractivity contribution in [1.29, 1.82) is 0 Å². The first-order chi connectivity index (χ1) is 6.81. The Morgan fingerprint density at radius 2 is 2.00 bits per heavy atom. The van der Waals surface area contributed by atoms with Gasteiger partial charge in [0.2, 0.25) is 15.9 Å². The molecule has 0 spiro atoms. The largest absolute Gasteiger partial charge is 0.392 e. The lowest BCUT2D eigenvalue weighted by Gasteiger charge is -2.14. The lowest BCUT2D eigenvalue weighted by molar-refractivity contribution is -0.117. The van der Waals surface area contributed by atoms with E-state index in [1.807, 2.05) is 0 Å². The van der Waals surface area contributed by atoms with Crippen LogP contribution in [0.1, 0.15) is 19.8 Å². The van der Waals surface area contributed by atoms with Gasteiger partial charge in [0.25, 0.3) is 0 Å². The molecule has 0 aromatic carbocycles. The maximum Gasteiger partial charge on any atom is 0.221 e. The molecule has 5 N–H and O–H groups in total. The van der Waals surface area contributed by atoms with Crippen molar-refractivity contribution in [3.05, 3.63) is 0 Å². The third-order valence-corrected chi connectivity index (χ3v) is 4.11. The molecular formula is C7H15N3O3S2. The SMILES string of the molecule is CCC(C(N)=S)S(=O)(=O)NCCC(N)=O. The van der Waals surface area contributed by atoms with Crippen LogP contribution >= 0.6 is 12.2 Å². The van der Waals surface area contributed by atoms with Gasteiger partial charge in [0.1, 0.15) is 5.25 Å². The zero-order valence-electron chi connectivity index (χ0n) is 8.39. The predicted molar refractivity (Wildman–Crippen MR) is 61.6 cm³/mol. The van der Waals surface area contributed by atoms with Crippen LogP contribution < -0.4 is 16.2 Å². The summed E-state index contributed by atoms with van der Waals surface area (Å²) in [6.45, 7) is 1.63. The first kappa shape index (κ1) is 14.3. The lowest BCUT2D eigenvalue weighted by atomic mass is 10.3. The number of carbonyl (C=O) groups excluding carboxylic acids is 1. The van der Waals surface area contributed by atoms with Gasteiger partial charge in [0.05, 0.1) is 4.99 Å². The second kappa shape index (κ2) is 5.99. The molecule has 15 heavy (non-hydrogen) atoms. The van der Waals surface area contributed by atoms with Gasteiger partial charge in [0, 0.05) is 13.0 Å². The van der Waals surface area contributed by atoms with Crippen LogP contribution in [0.3, 0.4) is 0 Å². The highest BCUT2D eigenvalue weighted by molar-refractivity contribution is 7.93. The molecule has 1 atom stereocenters. The lowest BCUT2D eigenvalue weighted by Crippen LogP contribution is -2.42. The minimum absolute atomic E-state index is 0.0310. The molecule has 1 amide bonds. The maximum atomic E-state index is 11.6. The van der Waals surface area contributed by atoms with Gasteiger partial charge in [-0.15, -0.1) is 0 Å². The number of nitrogens with two attached hydrogens (primary N) is 2. The van der Waals surface area contributed by atoms with Crippen LogP contribution in [0.25, 0.3) is 0 Å². The molecule has 6 nitrogen and oxygen atoms in total. The summed E-state index contributed by atoms with van der Waals surface area (Å²) in [7, 11) is -3.59. The molecule has 0 aromatic heterocycles. The fourth-order valence-electron chi connectivity index (χ4n) is 0.991. The van der Waals surface area contributed by atoms with Gasteiger partial charge in [-0.1, -0.05) is 19.1 Å². The molecule has 8 heteroatoms.